The van der Waals surface area contributed by atoms with Crippen molar-refractivity contribution in [1.82, 2.24) is 0 Å². The minimum absolute atomic E-state index is 0.0608. The fourth-order valence-corrected chi connectivity index (χ4v) is 4.08. The standard InChI is InChI=1S/C30H30O6/c1-18(2)20-7-5-19(6-8-20)17-36-26-14-11-22(15-25(26)32)28-27(34-3)16-24(30(35-4)29(28)33)21-9-12-23(31)13-10-21/h5-16,18,31-33H,17H2,1-4H3. The topological polar surface area (TPSA) is 88.4 Å². The van der Waals surface area contributed by atoms with Crippen LogP contribution < -0.4 is 14.2 Å². The van der Waals surface area contributed by atoms with Gasteiger partial charge in [0.25, 0.3) is 0 Å². The molecule has 4 aromatic carbocycles. The lowest BCUT2D eigenvalue weighted by molar-refractivity contribution is 0.289. The van der Waals surface area contributed by atoms with Gasteiger partial charge in [-0.3, -0.25) is 0 Å². The summed E-state index contributed by atoms with van der Waals surface area (Å²) in [6, 6.07) is 21.4. The second-order valence-corrected chi connectivity index (χ2v) is 8.80. The quantitative estimate of drug-likeness (QED) is 0.252. The first-order chi connectivity index (χ1) is 17.3. The fraction of sp³-hybridized carbons (Fsp3) is 0.200. The predicted octanol–water partition coefficient (Wildman–Crippen LogP) is 6.86. The van der Waals surface area contributed by atoms with E-state index in [1.165, 1.54) is 25.8 Å². The second-order valence-electron chi connectivity index (χ2n) is 8.80. The molecule has 0 amide bonds. The Kier molecular flexibility index (Phi) is 7.25. The summed E-state index contributed by atoms with van der Waals surface area (Å²) in [4.78, 5) is 0. The molecule has 0 radical (unpaired) electrons. The van der Waals surface area contributed by atoms with E-state index in [-0.39, 0.29) is 23.0 Å². The average molecular weight is 487 g/mol. The molecule has 3 N–H and O–H groups in total. The Morgan fingerprint density at radius 3 is 1.97 bits per heavy atom. The molecule has 0 heterocycles. The first-order valence-corrected chi connectivity index (χ1v) is 11.6. The molecule has 0 aliphatic rings. The van der Waals surface area contributed by atoms with Crippen LogP contribution in [0.4, 0.5) is 0 Å². The molecule has 36 heavy (non-hydrogen) atoms. The normalized spacial score (nSPS) is 10.9. The van der Waals surface area contributed by atoms with Crippen molar-refractivity contribution >= 4 is 0 Å². The third kappa shape index (κ3) is 5.03. The Hall–Kier alpha value is -4.32. The van der Waals surface area contributed by atoms with Gasteiger partial charge in [-0.25, -0.2) is 0 Å². The highest BCUT2D eigenvalue weighted by Gasteiger charge is 2.22. The van der Waals surface area contributed by atoms with Gasteiger partial charge in [-0.2, -0.15) is 0 Å². The van der Waals surface area contributed by atoms with Crippen LogP contribution in [0.25, 0.3) is 22.3 Å². The summed E-state index contributed by atoms with van der Waals surface area (Å²) < 4.78 is 17.0. The number of rotatable bonds is 8. The minimum Gasteiger partial charge on any atom is -0.508 e. The molecule has 0 spiro atoms. The maximum absolute atomic E-state index is 11.2. The molecule has 0 saturated heterocycles. The maximum atomic E-state index is 11.2. The summed E-state index contributed by atoms with van der Waals surface area (Å²) in [6.07, 6.45) is 0. The summed E-state index contributed by atoms with van der Waals surface area (Å²) >= 11 is 0. The zero-order chi connectivity index (χ0) is 25.8. The molecule has 0 aliphatic carbocycles. The lowest BCUT2D eigenvalue weighted by Gasteiger charge is -2.18. The Balaban J connectivity index is 1.65. The zero-order valence-corrected chi connectivity index (χ0v) is 20.8. The van der Waals surface area contributed by atoms with Crippen LogP contribution in [-0.2, 0) is 6.61 Å². The Morgan fingerprint density at radius 1 is 0.722 bits per heavy atom. The molecule has 0 unspecified atom stereocenters. The van der Waals surface area contributed by atoms with Gasteiger partial charge in [0, 0.05) is 5.56 Å². The third-order valence-corrected chi connectivity index (χ3v) is 6.11. The first-order valence-electron chi connectivity index (χ1n) is 11.6. The number of hydrogen-bond acceptors (Lipinski definition) is 6. The predicted molar refractivity (Wildman–Crippen MR) is 140 cm³/mol. The monoisotopic (exact) mass is 486 g/mol. The average Bonchev–Trinajstić information content (AvgIpc) is 2.88. The summed E-state index contributed by atoms with van der Waals surface area (Å²) in [6.45, 7) is 4.61. The van der Waals surface area contributed by atoms with E-state index in [9.17, 15) is 15.3 Å². The molecule has 4 rings (SSSR count). The van der Waals surface area contributed by atoms with Gasteiger partial charge in [-0.05, 0) is 58.5 Å². The van der Waals surface area contributed by atoms with Gasteiger partial charge >= 0.3 is 0 Å². The molecule has 0 aliphatic heterocycles. The molecular formula is C30H30O6. The van der Waals surface area contributed by atoms with Gasteiger partial charge in [-0.15, -0.1) is 0 Å². The van der Waals surface area contributed by atoms with Crippen LogP contribution in [0.1, 0.15) is 30.9 Å². The second kappa shape index (κ2) is 10.5. The highest BCUT2D eigenvalue weighted by Crippen LogP contribution is 2.50. The van der Waals surface area contributed by atoms with Gasteiger partial charge in [0.2, 0.25) is 0 Å². The van der Waals surface area contributed by atoms with Gasteiger partial charge in [0.1, 0.15) is 18.1 Å². The van der Waals surface area contributed by atoms with Crippen molar-refractivity contribution in [3.8, 4) is 56.8 Å². The number of methoxy groups -OCH3 is 2. The highest BCUT2D eigenvalue weighted by atomic mass is 16.5. The Morgan fingerprint density at radius 2 is 1.39 bits per heavy atom. The van der Waals surface area contributed by atoms with Crippen molar-refractivity contribution in [2.24, 2.45) is 0 Å². The molecule has 4 aromatic rings. The molecule has 0 atom stereocenters. The smallest absolute Gasteiger partial charge is 0.170 e. The van der Waals surface area contributed by atoms with Crippen LogP contribution in [0, 0.1) is 0 Å². The van der Waals surface area contributed by atoms with Crippen molar-refractivity contribution in [2.75, 3.05) is 14.2 Å². The van der Waals surface area contributed by atoms with Crippen molar-refractivity contribution < 1.29 is 29.5 Å². The lowest BCUT2D eigenvalue weighted by Crippen LogP contribution is -1.98. The molecule has 0 saturated carbocycles. The molecule has 0 aromatic heterocycles. The van der Waals surface area contributed by atoms with E-state index >= 15 is 0 Å². The van der Waals surface area contributed by atoms with Gasteiger partial charge in [-0.1, -0.05) is 56.3 Å². The number of hydrogen-bond donors (Lipinski definition) is 3. The number of aromatic hydroxyl groups is 3. The molecule has 6 heteroatoms. The van der Waals surface area contributed by atoms with E-state index in [4.69, 9.17) is 14.2 Å². The number of benzene rings is 4. The Labute approximate surface area is 211 Å². The van der Waals surface area contributed by atoms with E-state index < -0.39 is 0 Å². The largest absolute Gasteiger partial charge is 0.508 e. The van der Waals surface area contributed by atoms with Crippen molar-refractivity contribution in [1.29, 1.82) is 0 Å². The molecule has 0 bridgehead atoms. The lowest BCUT2D eigenvalue weighted by atomic mass is 9.96. The number of phenolic OH excluding ortho intramolecular Hbond substituents is 3. The zero-order valence-electron chi connectivity index (χ0n) is 20.8. The Bertz CT molecular complexity index is 1340. The first kappa shape index (κ1) is 24.8. The summed E-state index contributed by atoms with van der Waals surface area (Å²) in [7, 11) is 2.98. The van der Waals surface area contributed by atoms with Crippen LogP contribution in [-0.4, -0.2) is 29.5 Å². The molecular weight excluding hydrogens is 456 g/mol. The van der Waals surface area contributed by atoms with Crippen molar-refractivity contribution in [2.45, 2.75) is 26.4 Å². The molecule has 6 nitrogen and oxygen atoms in total. The fourth-order valence-electron chi connectivity index (χ4n) is 4.08. The van der Waals surface area contributed by atoms with E-state index in [2.05, 4.69) is 26.0 Å². The van der Waals surface area contributed by atoms with Gasteiger partial charge in [0.05, 0.1) is 19.8 Å². The highest BCUT2D eigenvalue weighted by molar-refractivity contribution is 5.88. The summed E-state index contributed by atoms with van der Waals surface area (Å²) in [5.41, 5.74) is 4.50. The third-order valence-electron chi connectivity index (χ3n) is 6.11. The SMILES string of the molecule is COc1cc(-c2ccc(O)cc2)c(OC)c(O)c1-c1ccc(OCc2ccc(C(C)C)cc2)c(O)c1. The van der Waals surface area contributed by atoms with Crippen LogP contribution in [0.3, 0.4) is 0 Å². The van der Waals surface area contributed by atoms with Crippen LogP contribution in [0.2, 0.25) is 0 Å². The minimum atomic E-state index is -0.127. The number of ether oxygens (including phenoxy) is 3. The van der Waals surface area contributed by atoms with E-state index in [1.807, 2.05) is 12.1 Å². The van der Waals surface area contributed by atoms with Crippen LogP contribution in [0.5, 0.6) is 34.5 Å². The van der Waals surface area contributed by atoms with Crippen molar-refractivity contribution in [3.05, 3.63) is 83.9 Å². The van der Waals surface area contributed by atoms with E-state index in [0.717, 1.165) is 11.1 Å². The van der Waals surface area contributed by atoms with Gasteiger partial charge < -0.3 is 29.5 Å². The summed E-state index contributed by atoms with van der Waals surface area (Å²) in [5.74, 6) is 1.39. The van der Waals surface area contributed by atoms with E-state index in [0.29, 0.717) is 40.7 Å². The maximum Gasteiger partial charge on any atom is 0.170 e. The number of phenols is 3. The van der Waals surface area contributed by atoms with Crippen LogP contribution in [0.15, 0.2) is 72.8 Å². The summed E-state index contributed by atoms with van der Waals surface area (Å²) in [5, 5.41) is 31.5. The van der Waals surface area contributed by atoms with Gasteiger partial charge in [0.15, 0.2) is 23.0 Å². The van der Waals surface area contributed by atoms with Crippen molar-refractivity contribution in [3.63, 3.8) is 0 Å². The molecule has 186 valence electrons. The van der Waals surface area contributed by atoms with E-state index in [1.54, 1.807) is 42.5 Å². The van der Waals surface area contributed by atoms with Crippen LogP contribution >= 0.6 is 0 Å². The molecule has 0 fully saturated rings.